The van der Waals surface area contributed by atoms with Gasteiger partial charge in [-0.25, -0.2) is 4.98 Å². The number of hydrogen-bond donors (Lipinski definition) is 0. The summed E-state index contributed by atoms with van der Waals surface area (Å²) in [6.07, 6.45) is 0. The number of carbonyl (C=O) groups excluding carboxylic acids is 1. The molecule has 0 spiro atoms. The Balaban J connectivity index is 2.48. The van der Waals surface area contributed by atoms with E-state index in [4.69, 9.17) is 16.3 Å². The lowest BCUT2D eigenvalue weighted by atomic mass is 9.99. The number of nitrogens with zero attached hydrogens (tertiary/aromatic N) is 1. The van der Waals surface area contributed by atoms with Crippen molar-refractivity contribution < 1.29 is 9.53 Å². The molecule has 0 radical (unpaired) electrons. The van der Waals surface area contributed by atoms with Crippen LogP contribution in [0.25, 0.3) is 0 Å². The van der Waals surface area contributed by atoms with Crippen LogP contribution in [0, 0.1) is 20.8 Å². The van der Waals surface area contributed by atoms with Crippen molar-refractivity contribution in [2.24, 2.45) is 0 Å². The molecule has 0 aliphatic heterocycles. The molecule has 0 saturated carbocycles. The summed E-state index contributed by atoms with van der Waals surface area (Å²) < 4.78 is 5.31. The van der Waals surface area contributed by atoms with Crippen LogP contribution in [0.1, 0.15) is 32.7 Å². The maximum atomic E-state index is 12.5. The maximum Gasteiger partial charge on any atom is 0.193 e. The van der Waals surface area contributed by atoms with Crippen LogP contribution < -0.4 is 4.74 Å². The lowest BCUT2D eigenvalue weighted by Crippen LogP contribution is -2.04. The van der Waals surface area contributed by atoms with Gasteiger partial charge >= 0.3 is 0 Å². The average molecular weight is 290 g/mol. The summed E-state index contributed by atoms with van der Waals surface area (Å²) in [5, 5.41) is 0.329. The minimum absolute atomic E-state index is 0.0637. The monoisotopic (exact) mass is 289 g/mol. The molecule has 0 aliphatic carbocycles. The molecule has 0 amide bonds. The van der Waals surface area contributed by atoms with E-state index in [1.165, 1.54) is 0 Å². The number of aromatic nitrogens is 1. The summed E-state index contributed by atoms with van der Waals surface area (Å²) in [6.45, 7) is 5.66. The lowest BCUT2D eigenvalue weighted by molar-refractivity contribution is 0.103. The van der Waals surface area contributed by atoms with Crippen molar-refractivity contribution in [2.45, 2.75) is 20.8 Å². The molecule has 0 N–H and O–H groups in total. The van der Waals surface area contributed by atoms with Crippen LogP contribution in [0.3, 0.4) is 0 Å². The molecule has 1 heterocycles. The van der Waals surface area contributed by atoms with Crippen LogP contribution in [0.15, 0.2) is 24.3 Å². The van der Waals surface area contributed by atoms with Crippen molar-refractivity contribution >= 4 is 17.4 Å². The van der Waals surface area contributed by atoms with Gasteiger partial charge in [-0.1, -0.05) is 11.6 Å². The first-order valence-corrected chi connectivity index (χ1v) is 6.64. The SMILES string of the molecule is COc1c(C)cc(C(=O)c2cc(C)nc(Cl)c2)cc1C. The van der Waals surface area contributed by atoms with Crippen LogP contribution in [0.5, 0.6) is 5.75 Å². The number of halogens is 1. The number of methoxy groups -OCH3 is 1. The Morgan fingerprint density at radius 1 is 1.05 bits per heavy atom. The van der Waals surface area contributed by atoms with Gasteiger partial charge in [0.05, 0.1) is 7.11 Å². The number of ether oxygens (including phenoxy) is 1. The van der Waals surface area contributed by atoms with Gasteiger partial charge in [0.2, 0.25) is 0 Å². The zero-order valence-corrected chi connectivity index (χ0v) is 12.7. The van der Waals surface area contributed by atoms with Crippen molar-refractivity contribution in [1.29, 1.82) is 0 Å². The molecule has 0 saturated heterocycles. The van der Waals surface area contributed by atoms with E-state index in [9.17, 15) is 4.79 Å². The molecule has 104 valence electrons. The first-order valence-electron chi connectivity index (χ1n) is 6.26. The first-order chi connectivity index (χ1) is 9.42. The van der Waals surface area contributed by atoms with Crippen LogP contribution in [0.4, 0.5) is 0 Å². The molecule has 2 aromatic rings. The molecule has 0 aliphatic rings. The van der Waals surface area contributed by atoms with E-state index in [2.05, 4.69) is 4.98 Å². The highest BCUT2D eigenvalue weighted by molar-refractivity contribution is 6.30. The third-order valence-electron chi connectivity index (χ3n) is 3.11. The largest absolute Gasteiger partial charge is 0.496 e. The number of rotatable bonds is 3. The van der Waals surface area contributed by atoms with E-state index >= 15 is 0 Å². The van der Waals surface area contributed by atoms with Gasteiger partial charge in [0, 0.05) is 16.8 Å². The molecule has 0 atom stereocenters. The standard InChI is InChI=1S/C16H16ClNO2/c1-9-5-12(6-10(2)16(9)20-4)15(19)13-7-11(3)18-14(17)8-13/h5-8H,1-4H3. The molecular formula is C16H16ClNO2. The van der Waals surface area contributed by atoms with E-state index in [0.29, 0.717) is 16.3 Å². The number of aryl methyl sites for hydroxylation is 3. The van der Waals surface area contributed by atoms with Crippen molar-refractivity contribution in [3.8, 4) is 5.75 Å². The molecule has 20 heavy (non-hydrogen) atoms. The minimum atomic E-state index is -0.0637. The van der Waals surface area contributed by atoms with Crippen molar-refractivity contribution in [3.05, 3.63) is 57.4 Å². The molecule has 0 fully saturated rings. The van der Waals surface area contributed by atoms with Crippen LogP contribution in [-0.2, 0) is 0 Å². The highest BCUT2D eigenvalue weighted by Gasteiger charge is 2.14. The maximum absolute atomic E-state index is 12.5. The Labute approximate surface area is 123 Å². The second kappa shape index (κ2) is 5.63. The topological polar surface area (TPSA) is 39.2 Å². The predicted molar refractivity (Wildman–Crippen MR) is 79.9 cm³/mol. The molecule has 1 aromatic heterocycles. The summed E-state index contributed by atoms with van der Waals surface area (Å²) in [5.41, 5.74) is 3.78. The van der Waals surface area contributed by atoms with Gasteiger partial charge in [-0.15, -0.1) is 0 Å². The third kappa shape index (κ3) is 2.83. The van der Waals surface area contributed by atoms with E-state index < -0.39 is 0 Å². The zero-order valence-electron chi connectivity index (χ0n) is 12.0. The second-order valence-electron chi connectivity index (χ2n) is 4.79. The average Bonchev–Trinajstić information content (AvgIpc) is 2.36. The molecule has 2 rings (SSSR count). The van der Waals surface area contributed by atoms with E-state index in [1.54, 1.807) is 19.2 Å². The van der Waals surface area contributed by atoms with Gasteiger partial charge in [-0.3, -0.25) is 4.79 Å². The van der Waals surface area contributed by atoms with Crippen molar-refractivity contribution in [1.82, 2.24) is 4.98 Å². The van der Waals surface area contributed by atoms with Crippen molar-refractivity contribution in [3.63, 3.8) is 0 Å². The van der Waals surface area contributed by atoms with Gasteiger partial charge in [0.15, 0.2) is 5.78 Å². The van der Waals surface area contributed by atoms with E-state index in [0.717, 1.165) is 22.6 Å². The molecular weight excluding hydrogens is 274 g/mol. The van der Waals surface area contributed by atoms with Gasteiger partial charge < -0.3 is 4.74 Å². The summed E-state index contributed by atoms with van der Waals surface area (Å²) >= 11 is 5.91. The van der Waals surface area contributed by atoms with Gasteiger partial charge in [-0.2, -0.15) is 0 Å². The quantitative estimate of drug-likeness (QED) is 0.635. The summed E-state index contributed by atoms with van der Waals surface area (Å²) in [5.74, 6) is 0.747. The first kappa shape index (κ1) is 14.5. The van der Waals surface area contributed by atoms with E-state index in [1.807, 2.05) is 32.9 Å². The van der Waals surface area contributed by atoms with Gasteiger partial charge in [0.1, 0.15) is 10.9 Å². The number of carbonyl (C=O) groups is 1. The fourth-order valence-corrected chi connectivity index (χ4v) is 2.58. The Kier molecular flexibility index (Phi) is 4.09. The molecule has 0 unspecified atom stereocenters. The van der Waals surface area contributed by atoms with Crippen molar-refractivity contribution in [2.75, 3.05) is 7.11 Å². The van der Waals surface area contributed by atoms with Gasteiger partial charge in [-0.05, 0) is 56.2 Å². The summed E-state index contributed by atoms with van der Waals surface area (Å²) in [7, 11) is 1.63. The fraction of sp³-hybridized carbons (Fsp3) is 0.250. The smallest absolute Gasteiger partial charge is 0.193 e. The van der Waals surface area contributed by atoms with E-state index in [-0.39, 0.29) is 5.78 Å². The Hall–Kier alpha value is -1.87. The normalized spacial score (nSPS) is 10.4. The number of pyridine rings is 1. The Bertz CT molecular complexity index is 637. The predicted octanol–water partition coefficient (Wildman–Crippen LogP) is 3.90. The zero-order chi connectivity index (χ0) is 14.9. The summed E-state index contributed by atoms with van der Waals surface area (Å²) in [4.78, 5) is 16.6. The third-order valence-corrected chi connectivity index (χ3v) is 3.30. The Morgan fingerprint density at radius 3 is 2.10 bits per heavy atom. The number of benzene rings is 1. The number of ketones is 1. The number of hydrogen-bond acceptors (Lipinski definition) is 3. The highest BCUT2D eigenvalue weighted by Crippen LogP contribution is 2.26. The molecule has 0 bridgehead atoms. The lowest BCUT2D eigenvalue weighted by Gasteiger charge is -2.11. The molecule has 3 nitrogen and oxygen atoms in total. The molecule has 1 aromatic carbocycles. The summed E-state index contributed by atoms with van der Waals surface area (Å²) in [6, 6.07) is 6.99. The highest BCUT2D eigenvalue weighted by atomic mass is 35.5. The minimum Gasteiger partial charge on any atom is -0.496 e. The van der Waals surface area contributed by atoms with Crippen LogP contribution >= 0.6 is 11.6 Å². The van der Waals surface area contributed by atoms with Crippen LogP contribution in [-0.4, -0.2) is 17.9 Å². The van der Waals surface area contributed by atoms with Crippen LogP contribution in [0.2, 0.25) is 5.15 Å². The fourth-order valence-electron chi connectivity index (χ4n) is 2.33. The second-order valence-corrected chi connectivity index (χ2v) is 5.18. The Morgan fingerprint density at radius 2 is 1.60 bits per heavy atom. The van der Waals surface area contributed by atoms with Gasteiger partial charge in [0.25, 0.3) is 0 Å². The molecule has 4 heteroatoms.